The number of para-hydroxylation sites is 1. The van der Waals surface area contributed by atoms with E-state index in [1.807, 2.05) is 37.3 Å². The number of primary amides is 1. The number of rotatable bonds is 9. The number of nitrogens with one attached hydrogen (secondary N) is 2. The first-order chi connectivity index (χ1) is 13.5. The molecule has 7 nitrogen and oxygen atoms in total. The molecule has 0 fully saturated rings. The number of H-pyrrole nitrogens is 1. The van der Waals surface area contributed by atoms with E-state index in [4.69, 9.17) is 10.5 Å². The van der Waals surface area contributed by atoms with Gasteiger partial charge in [0.1, 0.15) is 11.6 Å². The molecular formula is C21H25N5O2. The van der Waals surface area contributed by atoms with Crippen LogP contribution in [0.25, 0.3) is 11.4 Å². The minimum Gasteiger partial charge on any atom is -0.493 e. The van der Waals surface area contributed by atoms with Gasteiger partial charge in [-0.05, 0) is 51.0 Å². The molecule has 146 valence electrons. The number of hydrogen-bond donors (Lipinski definition) is 3. The van der Waals surface area contributed by atoms with Crippen LogP contribution in [0.5, 0.6) is 5.75 Å². The van der Waals surface area contributed by atoms with Gasteiger partial charge in [0.25, 0.3) is 5.91 Å². The zero-order chi connectivity index (χ0) is 19.9. The van der Waals surface area contributed by atoms with Gasteiger partial charge in [0.05, 0.1) is 12.2 Å². The fraction of sp³-hybridized carbons (Fsp3) is 0.286. The Kier molecular flexibility index (Phi) is 6.26. The van der Waals surface area contributed by atoms with Crippen LogP contribution in [0.4, 0.5) is 5.69 Å². The van der Waals surface area contributed by atoms with Crippen LogP contribution in [-0.2, 0) is 0 Å². The number of amides is 1. The lowest BCUT2D eigenvalue weighted by Gasteiger charge is -2.16. The van der Waals surface area contributed by atoms with E-state index in [0.717, 1.165) is 29.9 Å². The number of anilines is 1. The summed E-state index contributed by atoms with van der Waals surface area (Å²) in [5.41, 5.74) is 7.77. The zero-order valence-corrected chi connectivity index (χ0v) is 16.1. The van der Waals surface area contributed by atoms with Gasteiger partial charge < -0.3 is 15.8 Å². The Hall–Kier alpha value is -3.35. The second-order valence-electron chi connectivity index (χ2n) is 6.72. The topological polar surface area (TPSA) is 106 Å². The Balaban J connectivity index is 1.49. The maximum atomic E-state index is 11.4. The standard InChI is InChI=1S/C21H25N5O2/c1-14(7-6-12-28-19-11-4-3-10-18(19)20(22)27)23-17-9-5-8-16(13-17)21-24-15(2)25-26-21/h3-5,8-11,13-14,23H,6-7,12H2,1-2H3,(H2,22,27)(H,24,25,26)/t14-/m0/s1. The lowest BCUT2D eigenvalue weighted by Crippen LogP contribution is -2.17. The molecule has 0 bridgehead atoms. The van der Waals surface area contributed by atoms with E-state index < -0.39 is 5.91 Å². The molecule has 0 saturated carbocycles. The second kappa shape index (κ2) is 9.03. The Morgan fingerprint density at radius 1 is 1.25 bits per heavy atom. The van der Waals surface area contributed by atoms with Gasteiger partial charge >= 0.3 is 0 Å². The molecule has 1 heterocycles. The van der Waals surface area contributed by atoms with Crippen LogP contribution in [0.3, 0.4) is 0 Å². The SMILES string of the molecule is Cc1nc(-c2cccc(N[C@@H](C)CCCOc3ccccc3C(N)=O)c2)n[nH]1. The minimum absolute atomic E-state index is 0.263. The molecule has 0 spiro atoms. The fourth-order valence-corrected chi connectivity index (χ4v) is 2.94. The van der Waals surface area contributed by atoms with Crippen molar-refractivity contribution in [1.82, 2.24) is 15.2 Å². The predicted molar refractivity (Wildman–Crippen MR) is 109 cm³/mol. The number of nitrogens with two attached hydrogens (primary N) is 1. The maximum Gasteiger partial charge on any atom is 0.252 e. The van der Waals surface area contributed by atoms with Crippen molar-refractivity contribution in [2.75, 3.05) is 11.9 Å². The van der Waals surface area contributed by atoms with Gasteiger partial charge in [0, 0.05) is 17.3 Å². The lowest BCUT2D eigenvalue weighted by atomic mass is 10.1. The van der Waals surface area contributed by atoms with E-state index in [2.05, 4.69) is 27.4 Å². The molecule has 0 aliphatic rings. The number of aromatic amines is 1. The molecule has 4 N–H and O–H groups in total. The molecule has 0 aliphatic heterocycles. The molecule has 1 amide bonds. The molecule has 2 aromatic carbocycles. The van der Waals surface area contributed by atoms with Crippen molar-refractivity contribution in [2.24, 2.45) is 5.73 Å². The summed E-state index contributed by atoms with van der Waals surface area (Å²) in [6.07, 6.45) is 1.77. The molecule has 1 atom stereocenters. The summed E-state index contributed by atoms with van der Waals surface area (Å²) >= 11 is 0. The van der Waals surface area contributed by atoms with Crippen molar-refractivity contribution in [1.29, 1.82) is 0 Å². The van der Waals surface area contributed by atoms with E-state index in [9.17, 15) is 4.79 Å². The smallest absolute Gasteiger partial charge is 0.252 e. The van der Waals surface area contributed by atoms with Gasteiger partial charge in [-0.3, -0.25) is 9.89 Å². The number of aromatic nitrogens is 3. The minimum atomic E-state index is -0.480. The molecule has 3 aromatic rings. The van der Waals surface area contributed by atoms with Gasteiger partial charge in [-0.2, -0.15) is 5.10 Å². The highest BCUT2D eigenvalue weighted by Crippen LogP contribution is 2.21. The summed E-state index contributed by atoms with van der Waals surface area (Å²) in [5, 5.41) is 10.6. The van der Waals surface area contributed by atoms with E-state index in [-0.39, 0.29) is 6.04 Å². The molecule has 0 saturated heterocycles. The van der Waals surface area contributed by atoms with Gasteiger partial charge in [-0.15, -0.1) is 0 Å². The average molecular weight is 379 g/mol. The molecule has 7 heteroatoms. The zero-order valence-electron chi connectivity index (χ0n) is 16.1. The molecular weight excluding hydrogens is 354 g/mol. The number of nitrogens with zero attached hydrogens (tertiary/aromatic N) is 2. The molecule has 1 aromatic heterocycles. The summed E-state index contributed by atoms with van der Waals surface area (Å²) in [4.78, 5) is 15.8. The number of benzene rings is 2. The number of hydrogen-bond acceptors (Lipinski definition) is 5. The number of carbonyl (C=O) groups is 1. The predicted octanol–water partition coefficient (Wildman–Crippen LogP) is 3.54. The molecule has 0 unspecified atom stereocenters. The second-order valence-corrected chi connectivity index (χ2v) is 6.72. The Morgan fingerprint density at radius 2 is 2.07 bits per heavy atom. The fourth-order valence-electron chi connectivity index (χ4n) is 2.94. The third-order valence-corrected chi connectivity index (χ3v) is 4.32. The number of aryl methyl sites for hydroxylation is 1. The molecule has 3 rings (SSSR count). The normalized spacial score (nSPS) is 11.8. The van der Waals surface area contributed by atoms with Crippen LogP contribution in [0.1, 0.15) is 35.9 Å². The van der Waals surface area contributed by atoms with Gasteiger partial charge in [0.2, 0.25) is 0 Å². The van der Waals surface area contributed by atoms with Crippen molar-refractivity contribution in [2.45, 2.75) is 32.7 Å². The van der Waals surface area contributed by atoms with Gasteiger partial charge in [-0.25, -0.2) is 4.98 Å². The quantitative estimate of drug-likeness (QED) is 0.493. The van der Waals surface area contributed by atoms with Gasteiger partial charge in [0.15, 0.2) is 5.82 Å². The summed E-state index contributed by atoms with van der Waals surface area (Å²) in [5.74, 6) is 1.53. The largest absolute Gasteiger partial charge is 0.493 e. The highest BCUT2D eigenvalue weighted by atomic mass is 16.5. The molecule has 0 radical (unpaired) electrons. The third-order valence-electron chi connectivity index (χ3n) is 4.32. The summed E-state index contributed by atoms with van der Waals surface area (Å²) < 4.78 is 5.73. The van der Waals surface area contributed by atoms with E-state index in [1.54, 1.807) is 18.2 Å². The highest BCUT2D eigenvalue weighted by Gasteiger charge is 2.09. The van der Waals surface area contributed by atoms with Crippen LogP contribution in [0.15, 0.2) is 48.5 Å². The van der Waals surface area contributed by atoms with Crippen molar-refractivity contribution >= 4 is 11.6 Å². The first-order valence-corrected chi connectivity index (χ1v) is 9.30. The van der Waals surface area contributed by atoms with E-state index >= 15 is 0 Å². The van der Waals surface area contributed by atoms with Crippen molar-refractivity contribution < 1.29 is 9.53 Å². The third kappa shape index (κ3) is 5.09. The Labute approximate surface area is 164 Å². The molecule has 28 heavy (non-hydrogen) atoms. The van der Waals surface area contributed by atoms with Crippen LogP contribution in [0, 0.1) is 6.92 Å². The highest BCUT2D eigenvalue weighted by molar-refractivity contribution is 5.95. The van der Waals surface area contributed by atoms with Gasteiger partial charge in [-0.1, -0.05) is 24.3 Å². The summed E-state index contributed by atoms with van der Waals surface area (Å²) in [7, 11) is 0. The van der Waals surface area contributed by atoms with Crippen molar-refractivity contribution in [3.63, 3.8) is 0 Å². The summed E-state index contributed by atoms with van der Waals surface area (Å²) in [6, 6.07) is 15.3. The number of carbonyl (C=O) groups excluding carboxylic acids is 1. The summed E-state index contributed by atoms with van der Waals surface area (Å²) in [6.45, 7) is 4.53. The van der Waals surface area contributed by atoms with Crippen LogP contribution < -0.4 is 15.8 Å². The van der Waals surface area contributed by atoms with E-state index in [0.29, 0.717) is 23.7 Å². The van der Waals surface area contributed by atoms with Crippen molar-refractivity contribution in [3.05, 3.63) is 59.9 Å². The van der Waals surface area contributed by atoms with Crippen molar-refractivity contribution in [3.8, 4) is 17.1 Å². The Morgan fingerprint density at radius 3 is 2.82 bits per heavy atom. The van der Waals surface area contributed by atoms with E-state index in [1.165, 1.54) is 0 Å². The van der Waals surface area contributed by atoms with Crippen LogP contribution in [0.2, 0.25) is 0 Å². The molecule has 0 aliphatic carbocycles. The Bertz CT molecular complexity index is 938. The maximum absolute atomic E-state index is 11.4. The average Bonchev–Trinajstić information content (AvgIpc) is 3.12. The lowest BCUT2D eigenvalue weighted by molar-refractivity contribution is 0.0996. The first kappa shape index (κ1) is 19.4. The van der Waals surface area contributed by atoms with Crippen LogP contribution in [-0.4, -0.2) is 33.7 Å². The first-order valence-electron chi connectivity index (χ1n) is 9.30. The number of ether oxygens (including phenoxy) is 1. The monoisotopic (exact) mass is 379 g/mol. The van der Waals surface area contributed by atoms with Crippen LogP contribution >= 0.6 is 0 Å².